The summed E-state index contributed by atoms with van der Waals surface area (Å²) < 4.78 is 8.01. The second-order valence-corrected chi connectivity index (χ2v) is 9.59. The number of aromatic amines is 1. The van der Waals surface area contributed by atoms with Crippen LogP contribution in [0.15, 0.2) is 52.9 Å². The Labute approximate surface area is 178 Å². The largest absolute Gasteiger partial charge is 0.378 e. The first-order valence-electron chi connectivity index (χ1n) is 10.5. The van der Waals surface area contributed by atoms with Crippen LogP contribution in [0.2, 0.25) is 0 Å². The van der Waals surface area contributed by atoms with Gasteiger partial charge in [-0.15, -0.1) is 0 Å². The van der Waals surface area contributed by atoms with E-state index in [1.54, 1.807) is 11.8 Å². The Bertz CT molecular complexity index is 1210. The lowest BCUT2D eigenvalue weighted by atomic mass is 9.77. The molecule has 0 bridgehead atoms. The van der Waals surface area contributed by atoms with Crippen molar-refractivity contribution in [3.05, 3.63) is 43.1 Å². The van der Waals surface area contributed by atoms with Crippen LogP contribution in [0.1, 0.15) is 26.2 Å². The van der Waals surface area contributed by atoms with Crippen molar-refractivity contribution in [3.8, 4) is 0 Å². The van der Waals surface area contributed by atoms with Crippen molar-refractivity contribution in [1.29, 1.82) is 0 Å². The molecule has 1 N–H and O–H groups in total. The van der Waals surface area contributed by atoms with Gasteiger partial charge in [0.25, 0.3) is 0 Å². The molecule has 4 aromatic heterocycles. The van der Waals surface area contributed by atoms with E-state index >= 15 is 0 Å². The highest BCUT2D eigenvalue weighted by molar-refractivity contribution is 7.99. The fourth-order valence-corrected chi connectivity index (χ4v) is 5.90. The third-order valence-corrected chi connectivity index (χ3v) is 7.60. The molecule has 0 unspecified atom stereocenters. The van der Waals surface area contributed by atoms with E-state index in [2.05, 4.69) is 37.2 Å². The first kappa shape index (κ1) is 18.2. The summed E-state index contributed by atoms with van der Waals surface area (Å²) in [6.07, 6.45) is 13.5. The molecule has 1 atom stereocenters. The quantitative estimate of drug-likeness (QED) is 0.537. The standard InChI is InChI=1S/C22H24N6OS/c1-15-12-22(14-29-15)4-9-27(10-5-22)21-26-13-18(20-25-8-11-28(20)21)30-17-3-7-24-19-16(17)2-6-23-19/h2-3,6-8,11,13,15H,4-5,9-10,12,14H2,1H3,(H,23,24)/t15-/m0/s1. The van der Waals surface area contributed by atoms with E-state index in [1.165, 1.54) is 6.42 Å². The number of nitrogens with zero attached hydrogens (tertiary/aromatic N) is 5. The van der Waals surface area contributed by atoms with Gasteiger partial charge in [0.1, 0.15) is 5.65 Å². The Morgan fingerprint density at radius 2 is 2.03 bits per heavy atom. The maximum absolute atomic E-state index is 5.88. The van der Waals surface area contributed by atoms with E-state index < -0.39 is 0 Å². The minimum absolute atomic E-state index is 0.364. The molecule has 8 heteroatoms. The number of rotatable bonds is 3. The van der Waals surface area contributed by atoms with E-state index in [0.717, 1.165) is 65.0 Å². The minimum atomic E-state index is 0.364. The zero-order valence-corrected chi connectivity index (χ0v) is 17.7. The molecule has 0 aromatic carbocycles. The van der Waals surface area contributed by atoms with Gasteiger partial charge in [-0.25, -0.2) is 15.0 Å². The zero-order chi connectivity index (χ0) is 20.1. The summed E-state index contributed by atoms with van der Waals surface area (Å²) in [5.41, 5.74) is 2.21. The van der Waals surface area contributed by atoms with Crippen molar-refractivity contribution in [2.45, 2.75) is 42.1 Å². The molecule has 0 radical (unpaired) electrons. The predicted octanol–water partition coefficient (Wildman–Crippen LogP) is 4.15. The highest BCUT2D eigenvalue weighted by Gasteiger charge is 2.41. The molecule has 154 valence electrons. The summed E-state index contributed by atoms with van der Waals surface area (Å²) in [5, 5.41) is 1.12. The van der Waals surface area contributed by atoms with Crippen LogP contribution in [0.3, 0.4) is 0 Å². The van der Waals surface area contributed by atoms with Gasteiger partial charge in [-0.05, 0) is 43.7 Å². The first-order valence-corrected chi connectivity index (χ1v) is 11.3. The molecule has 4 aromatic rings. The number of hydrogen-bond donors (Lipinski definition) is 1. The van der Waals surface area contributed by atoms with Gasteiger partial charge in [-0.3, -0.25) is 4.40 Å². The Morgan fingerprint density at radius 3 is 2.87 bits per heavy atom. The van der Waals surface area contributed by atoms with Gasteiger partial charge in [0.15, 0.2) is 5.65 Å². The third-order valence-electron chi connectivity index (χ3n) is 6.52. The van der Waals surface area contributed by atoms with E-state index in [9.17, 15) is 0 Å². The summed E-state index contributed by atoms with van der Waals surface area (Å²) in [4.78, 5) is 21.7. The lowest BCUT2D eigenvalue weighted by molar-refractivity contribution is 0.0975. The van der Waals surface area contributed by atoms with Gasteiger partial charge in [-0.1, -0.05) is 11.8 Å². The van der Waals surface area contributed by atoms with Crippen LogP contribution < -0.4 is 4.90 Å². The highest BCUT2D eigenvalue weighted by Crippen LogP contribution is 2.43. The molecule has 7 nitrogen and oxygen atoms in total. The lowest BCUT2D eigenvalue weighted by Gasteiger charge is -2.39. The smallest absolute Gasteiger partial charge is 0.211 e. The lowest BCUT2D eigenvalue weighted by Crippen LogP contribution is -2.41. The molecular weight excluding hydrogens is 396 g/mol. The number of pyridine rings is 1. The Hall–Kier alpha value is -2.58. The monoisotopic (exact) mass is 420 g/mol. The molecular formula is C22H24N6OS. The van der Waals surface area contributed by atoms with E-state index in [4.69, 9.17) is 9.72 Å². The number of aromatic nitrogens is 5. The normalized spacial score (nSPS) is 21.2. The van der Waals surface area contributed by atoms with Crippen LogP contribution in [0, 0.1) is 5.41 Å². The van der Waals surface area contributed by atoms with Crippen molar-refractivity contribution >= 4 is 34.4 Å². The SMILES string of the molecule is C[C@H]1CC2(CCN(c3ncc(Sc4ccnc5[nH]ccc45)c4nccn34)CC2)CO1. The fraction of sp³-hybridized carbons (Fsp3) is 0.409. The molecule has 30 heavy (non-hydrogen) atoms. The number of fused-ring (bicyclic) bond motifs is 2. The minimum Gasteiger partial charge on any atom is -0.378 e. The summed E-state index contributed by atoms with van der Waals surface area (Å²) in [6, 6.07) is 4.11. The zero-order valence-electron chi connectivity index (χ0n) is 16.9. The van der Waals surface area contributed by atoms with Gasteiger partial charge >= 0.3 is 0 Å². The van der Waals surface area contributed by atoms with Crippen molar-refractivity contribution in [2.75, 3.05) is 24.6 Å². The van der Waals surface area contributed by atoms with Crippen molar-refractivity contribution in [1.82, 2.24) is 24.3 Å². The van der Waals surface area contributed by atoms with Gasteiger partial charge in [0.2, 0.25) is 5.95 Å². The first-order chi connectivity index (χ1) is 14.7. The number of hydrogen-bond acceptors (Lipinski definition) is 6. The summed E-state index contributed by atoms with van der Waals surface area (Å²) in [6.45, 7) is 5.12. The van der Waals surface area contributed by atoms with E-state index in [-0.39, 0.29) is 0 Å². The maximum atomic E-state index is 5.88. The second-order valence-electron chi connectivity index (χ2n) is 8.51. The van der Waals surface area contributed by atoms with E-state index in [0.29, 0.717) is 11.5 Å². The van der Waals surface area contributed by atoms with Crippen molar-refractivity contribution < 1.29 is 4.74 Å². The topological polar surface area (TPSA) is 71.3 Å². The van der Waals surface area contributed by atoms with Crippen LogP contribution in [0.5, 0.6) is 0 Å². The Balaban J connectivity index is 1.29. The van der Waals surface area contributed by atoms with Crippen LogP contribution in [0.4, 0.5) is 5.95 Å². The van der Waals surface area contributed by atoms with Crippen molar-refractivity contribution in [2.24, 2.45) is 5.41 Å². The Morgan fingerprint density at radius 1 is 1.13 bits per heavy atom. The molecule has 0 saturated carbocycles. The van der Waals surface area contributed by atoms with E-state index in [1.807, 2.05) is 37.1 Å². The average molecular weight is 421 g/mol. The number of anilines is 1. The summed E-state index contributed by atoms with van der Waals surface area (Å²) in [7, 11) is 0. The van der Waals surface area contributed by atoms with Crippen LogP contribution in [0.25, 0.3) is 16.7 Å². The predicted molar refractivity (Wildman–Crippen MR) is 117 cm³/mol. The van der Waals surface area contributed by atoms with Gasteiger partial charge in [0.05, 0.1) is 17.6 Å². The number of ether oxygens (including phenoxy) is 1. The molecule has 2 saturated heterocycles. The molecule has 6 rings (SSSR count). The van der Waals surface area contributed by atoms with Crippen LogP contribution in [-0.4, -0.2) is 50.1 Å². The maximum Gasteiger partial charge on any atom is 0.211 e. The highest BCUT2D eigenvalue weighted by atomic mass is 32.2. The van der Waals surface area contributed by atoms with Gasteiger partial charge in [0, 0.05) is 54.4 Å². The molecule has 0 amide bonds. The number of imidazole rings is 1. The van der Waals surface area contributed by atoms with Gasteiger partial charge in [-0.2, -0.15) is 0 Å². The van der Waals surface area contributed by atoms with Crippen molar-refractivity contribution in [3.63, 3.8) is 0 Å². The summed E-state index contributed by atoms with van der Waals surface area (Å²) >= 11 is 1.69. The fourth-order valence-electron chi connectivity index (χ4n) is 4.91. The molecule has 0 aliphatic carbocycles. The van der Waals surface area contributed by atoms with Gasteiger partial charge < -0.3 is 14.6 Å². The average Bonchev–Trinajstić information content (AvgIpc) is 3.50. The number of H-pyrrole nitrogens is 1. The Kier molecular flexibility index (Phi) is 4.24. The number of nitrogens with one attached hydrogen (secondary N) is 1. The molecule has 2 fully saturated rings. The van der Waals surface area contributed by atoms with Crippen LogP contribution in [-0.2, 0) is 4.74 Å². The molecule has 1 spiro atoms. The molecule has 2 aliphatic heterocycles. The van der Waals surface area contributed by atoms with Crippen LogP contribution >= 0.6 is 11.8 Å². The number of piperidine rings is 1. The molecule has 6 heterocycles. The third kappa shape index (κ3) is 2.97. The second kappa shape index (κ2) is 6.99. The summed E-state index contributed by atoms with van der Waals surface area (Å²) in [5.74, 6) is 0.982. The molecule has 2 aliphatic rings.